The van der Waals surface area contributed by atoms with Gasteiger partial charge in [-0.15, -0.1) is 0 Å². The number of carbonyl (C=O) groups excluding carboxylic acids is 2. The number of nitrogens with zero attached hydrogens (tertiary/aromatic N) is 1. The molecule has 5 nitrogen and oxygen atoms in total. The maximum atomic E-state index is 12.0. The molecule has 0 aromatic heterocycles. The predicted octanol–water partition coefficient (Wildman–Crippen LogP) is 0.977. The molecule has 0 aromatic carbocycles. The van der Waals surface area contributed by atoms with Crippen LogP contribution in [0.3, 0.4) is 0 Å². The molecule has 0 radical (unpaired) electrons. The molecule has 0 spiro atoms. The Labute approximate surface area is 103 Å². The number of fused-ring (bicyclic) bond motifs is 1. The minimum atomic E-state index is -1.18. The van der Waals surface area contributed by atoms with Crippen LogP contribution >= 0.6 is 11.6 Å². The first-order chi connectivity index (χ1) is 7.93. The van der Waals surface area contributed by atoms with Crippen molar-refractivity contribution in [2.45, 2.75) is 25.8 Å². The highest BCUT2D eigenvalue weighted by atomic mass is 35.5. The van der Waals surface area contributed by atoms with Gasteiger partial charge in [-0.3, -0.25) is 14.5 Å². The van der Waals surface area contributed by atoms with E-state index in [1.807, 2.05) is 0 Å². The van der Waals surface area contributed by atoms with Gasteiger partial charge in [-0.2, -0.15) is 0 Å². The lowest BCUT2D eigenvalue weighted by molar-refractivity contribution is -0.154. The van der Waals surface area contributed by atoms with E-state index in [4.69, 9.17) is 16.7 Å². The molecule has 1 aliphatic heterocycles. The molecule has 92 valence electrons. The first-order valence-corrected chi connectivity index (χ1v) is 5.75. The number of halogens is 1. The summed E-state index contributed by atoms with van der Waals surface area (Å²) in [7, 11) is 0. The van der Waals surface area contributed by atoms with Crippen molar-refractivity contribution in [1.82, 2.24) is 4.90 Å². The van der Waals surface area contributed by atoms with Crippen LogP contribution in [0.5, 0.6) is 0 Å². The van der Waals surface area contributed by atoms with Crippen LogP contribution in [0.4, 0.5) is 0 Å². The fraction of sp³-hybridized carbons (Fsp3) is 0.545. The summed E-state index contributed by atoms with van der Waals surface area (Å²) in [6, 6.07) is -1.11. The standard InChI is InChI=1S/C11H12ClNO4/c1-5(11(16)17)13-9(14)7-3-2-6(12)4-8(7)10(13)15/h2,5,7-8H,3-4H2,1H3,(H,16,17)/t5-,7-,8-/m1/s1. The van der Waals surface area contributed by atoms with Crippen LogP contribution in [0.25, 0.3) is 0 Å². The molecule has 1 heterocycles. The normalized spacial score (nSPS) is 30.0. The highest BCUT2D eigenvalue weighted by Crippen LogP contribution is 2.39. The van der Waals surface area contributed by atoms with E-state index in [0.29, 0.717) is 17.9 Å². The van der Waals surface area contributed by atoms with Gasteiger partial charge in [0, 0.05) is 5.03 Å². The molecule has 3 atom stereocenters. The largest absolute Gasteiger partial charge is 0.480 e. The van der Waals surface area contributed by atoms with Crippen molar-refractivity contribution in [3.8, 4) is 0 Å². The summed E-state index contributed by atoms with van der Waals surface area (Å²) in [5, 5.41) is 9.45. The molecule has 2 amide bonds. The summed E-state index contributed by atoms with van der Waals surface area (Å²) in [5.74, 6) is -2.91. The van der Waals surface area contributed by atoms with Crippen LogP contribution in [0.15, 0.2) is 11.1 Å². The first-order valence-electron chi connectivity index (χ1n) is 5.37. The smallest absolute Gasteiger partial charge is 0.326 e. The Hall–Kier alpha value is -1.36. The van der Waals surface area contributed by atoms with Crippen molar-refractivity contribution in [2.24, 2.45) is 11.8 Å². The minimum absolute atomic E-state index is 0.333. The number of rotatable bonds is 2. The molecule has 0 bridgehead atoms. The zero-order chi connectivity index (χ0) is 12.7. The van der Waals surface area contributed by atoms with E-state index in [1.165, 1.54) is 6.92 Å². The quantitative estimate of drug-likeness (QED) is 0.748. The highest BCUT2D eigenvalue weighted by Gasteiger charge is 2.51. The fourth-order valence-corrected chi connectivity index (χ4v) is 2.60. The SMILES string of the molecule is C[C@H](C(=O)O)N1C(=O)[C@@H]2CC=C(Cl)C[C@H]2C1=O. The van der Waals surface area contributed by atoms with Gasteiger partial charge >= 0.3 is 5.97 Å². The number of amides is 2. The summed E-state index contributed by atoms with van der Waals surface area (Å²) in [6.45, 7) is 1.34. The lowest BCUT2D eigenvalue weighted by Crippen LogP contribution is -2.43. The Kier molecular flexibility index (Phi) is 2.95. The van der Waals surface area contributed by atoms with E-state index < -0.39 is 35.7 Å². The lowest BCUT2D eigenvalue weighted by atomic mass is 9.85. The first kappa shape index (κ1) is 12.1. The molecule has 0 aromatic rings. The van der Waals surface area contributed by atoms with E-state index in [-0.39, 0.29) is 0 Å². The van der Waals surface area contributed by atoms with Gasteiger partial charge in [0.1, 0.15) is 6.04 Å². The van der Waals surface area contributed by atoms with E-state index in [0.717, 1.165) is 4.90 Å². The number of likely N-dealkylation sites (tertiary alicyclic amines) is 1. The van der Waals surface area contributed by atoms with Crippen molar-refractivity contribution in [3.05, 3.63) is 11.1 Å². The number of carboxylic acid groups (broad SMARTS) is 1. The van der Waals surface area contributed by atoms with Gasteiger partial charge in [0.2, 0.25) is 11.8 Å². The summed E-state index contributed by atoms with van der Waals surface area (Å²) in [4.78, 5) is 35.7. The van der Waals surface area contributed by atoms with Crippen LogP contribution in [-0.4, -0.2) is 33.8 Å². The van der Waals surface area contributed by atoms with Crippen molar-refractivity contribution in [1.29, 1.82) is 0 Å². The molecule has 6 heteroatoms. The topological polar surface area (TPSA) is 74.7 Å². The van der Waals surface area contributed by atoms with Crippen molar-refractivity contribution in [3.63, 3.8) is 0 Å². The maximum absolute atomic E-state index is 12.0. The van der Waals surface area contributed by atoms with Gasteiger partial charge in [-0.1, -0.05) is 17.7 Å². The zero-order valence-electron chi connectivity index (χ0n) is 9.22. The third kappa shape index (κ3) is 1.84. The molecule has 1 saturated heterocycles. The van der Waals surface area contributed by atoms with Crippen molar-refractivity contribution < 1.29 is 19.5 Å². The summed E-state index contributed by atoms with van der Waals surface area (Å²) >= 11 is 5.85. The third-order valence-electron chi connectivity index (χ3n) is 3.35. The average Bonchev–Trinajstić information content (AvgIpc) is 2.50. The molecule has 17 heavy (non-hydrogen) atoms. The van der Waals surface area contributed by atoms with E-state index in [1.54, 1.807) is 6.08 Å². The summed E-state index contributed by atoms with van der Waals surface area (Å²) in [6.07, 6.45) is 2.47. The molecular formula is C11H12ClNO4. The number of carbonyl (C=O) groups is 3. The monoisotopic (exact) mass is 257 g/mol. The molecule has 2 aliphatic rings. The Balaban J connectivity index is 2.28. The average molecular weight is 258 g/mol. The van der Waals surface area contributed by atoms with Gasteiger partial charge in [0.05, 0.1) is 11.8 Å². The van der Waals surface area contributed by atoms with Crippen LogP contribution in [0.1, 0.15) is 19.8 Å². The Morgan fingerprint density at radius 1 is 1.47 bits per heavy atom. The Bertz CT molecular complexity index is 431. The zero-order valence-corrected chi connectivity index (χ0v) is 9.98. The molecule has 2 rings (SSSR count). The van der Waals surface area contributed by atoms with Gasteiger partial charge < -0.3 is 5.11 Å². The minimum Gasteiger partial charge on any atom is -0.480 e. The van der Waals surface area contributed by atoms with Crippen LogP contribution in [0.2, 0.25) is 0 Å². The number of allylic oxidation sites excluding steroid dienone is 2. The van der Waals surface area contributed by atoms with E-state index >= 15 is 0 Å². The molecule has 0 unspecified atom stereocenters. The Morgan fingerprint density at radius 2 is 2.06 bits per heavy atom. The van der Waals surface area contributed by atoms with E-state index in [2.05, 4.69) is 0 Å². The van der Waals surface area contributed by atoms with Crippen LogP contribution in [0, 0.1) is 11.8 Å². The van der Waals surface area contributed by atoms with Gasteiger partial charge in [-0.25, -0.2) is 4.79 Å². The number of hydrogen-bond acceptors (Lipinski definition) is 3. The number of carboxylic acids is 1. The molecule has 1 aliphatic carbocycles. The summed E-state index contributed by atoms with van der Waals surface area (Å²) < 4.78 is 0. The predicted molar refractivity (Wildman–Crippen MR) is 59.1 cm³/mol. The second kappa shape index (κ2) is 4.14. The second-order valence-electron chi connectivity index (χ2n) is 4.36. The molecule has 1 fully saturated rings. The van der Waals surface area contributed by atoms with Gasteiger partial charge in [0.25, 0.3) is 0 Å². The van der Waals surface area contributed by atoms with Gasteiger partial charge in [0.15, 0.2) is 0 Å². The number of imide groups is 1. The Morgan fingerprint density at radius 3 is 2.65 bits per heavy atom. The number of hydrogen-bond donors (Lipinski definition) is 1. The van der Waals surface area contributed by atoms with Crippen LogP contribution < -0.4 is 0 Å². The second-order valence-corrected chi connectivity index (χ2v) is 4.85. The van der Waals surface area contributed by atoms with Crippen molar-refractivity contribution >= 4 is 29.4 Å². The molecule has 1 N–H and O–H groups in total. The van der Waals surface area contributed by atoms with E-state index in [9.17, 15) is 14.4 Å². The van der Waals surface area contributed by atoms with Crippen molar-refractivity contribution in [2.75, 3.05) is 0 Å². The lowest BCUT2D eigenvalue weighted by Gasteiger charge is -2.18. The maximum Gasteiger partial charge on any atom is 0.326 e. The third-order valence-corrected chi connectivity index (χ3v) is 3.66. The van der Waals surface area contributed by atoms with Crippen LogP contribution in [-0.2, 0) is 14.4 Å². The fourth-order valence-electron chi connectivity index (χ4n) is 2.35. The summed E-state index contributed by atoms with van der Waals surface area (Å²) in [5.41, 5.74) is 0. The van der Waals surface area contributed by atoms with Gasteiger partial charge in [-0.05, 0) is 19.8 Å². The highest BCUT2D eigenvalue weighted by molar-refractivity contribution is 6.30. The molecule has 0 saturated carbocycles. The number of aliphatic carboxylic acids is 1. The molecular weight excluding hydrogens is 246 g/mol.